The Labute approximate surface area is 139 Å². The zero-order valence-corrected chi connectivity index (χ0v) is 14.1. The van der Waals surface area contributed by atoms with Gasteiger partial charge in [-0.25, -0.2) is 4.98 Å². The molecule has 2 aromatic rings. The van der Waals surface area contributed by atoms with E-state index in [2.05, 4.69) is 22.4 Å². The molecule has 1 aromatic heterocycles. The molecule has 1 aromatic carbocycles. The number of benzene rings is 1. The first kappa shape index (κ1) is 16.1. The van der Waals surface area contributed by atoms with Crippen LogP contribution in [0, 0.1) is 6.92 Å². The zero-order chi connectivity index (χ0) is 16.4. The molecule has 122 valence electrons. The van der Waals surface area contributed by atoms with Crippen molar-refractivity contribution in [2.45, 2.75) is 38.8 Å². The molecule has 0 radical (unpaired) electrons. The highest BCUT2D eigenvalue weighted by Crippen LogP contribution is 2.28. The van der Waals surface area contributed by atoms with Crippen molar-refractivity contribution in [2.75, 3.05) is 6.54 Å². The number of carbonyl (C=O) groups is 1. The maximum absolute atomic E-state index is 12.2. The van der Waals surface area contributed by atoms with Gasteiger partial charge in [-0.2, -0.15) is 5.06 Å². The summed E-state index contributed by atoms with van der Waals surface area (Å²) in [6, 6.07) is 7.68. The Balaban J connectivity index is 1.67. The molecule has 0 aliphatic carbocycles. The number of nitrogens with zero attached hydrogens (tertiary/aromatic N) is 2. The number of hydrogen-bond donors (Lipinski definition) is 2. The first-order valence-electron chi connectivity index (χ1n) is 7.82. The third kappa shape index (κ3) is 3.44. The van der Waals surface area contributed by atoms with E-state index in [4.69, 9.17) is 0 Å². The van der Waals surface area contributed by atoms with Crippen molar-refractivity contribution in [1.82, 2.24) is 15.4 Å². The molecule has 1 fully saturated rings. The molecule has 2 N–H and O–H groups in total. The number of aryl methyl sites for hydroxylation is 1. The first-order chi connectivity index (χ1) is 11.1. The van der Waals surface area contributed by atoms with Gasteiger partial charge in [-0.3, -0.25) is 4.79 Å². The Morgan fingerprint density at radius 1 is 1.43 bits per heavy atom. The average molecular weight is 331 g/mol. The molecule has 1 saturated heterocycles. The fourth-order valence-electron chi connectivity index (χ4n) is 2.91. The quantitative estimate of drug-likeness (QED) is 0.903. The molecule has 6 heteroatoms. The zero-order valence-electron chi connectivity index (χ0n) is 13.3. The molecular weight excluding hydrogens is 310 g/mol. The molecule has 1 aliphatic heterocycles. The van der Waals surface area contributed by atoms with Gasteiger partial charge in [0, 0.05) is 6.54 Å². The lowest BCUT2D eigenvalue weighted by molar-refractivity contribution is -0.146. The number of hydrogen-bond acceptors (Lipinski definition) is 5. The Bertz CT molecular complexity index is 683. The van der Waals surface area contributed by atoms with Crippen LogP contribution in [0.15, 0.2) is 29.8 Å². The van der Waals surface area contributed by atoms with Gasteiger partial charge in [-0.15, -0.1) is 11.3 Å². The normalized spacial score (nSPS) is 19.7. The summed E-state index contributed by atoms with van der Waals surface area (Å²) >= 11 is 1.63. The predicted molar refractivity (Wildman–Crippen MR) is 90.4 cm³/mol. The van der Waals surface area contributed by atoms with Gasteiger partial charge in [0.05, 0.1) is 22.1 Å². The molecule has 1 amide bonds. The van der Waals surface area contributed by atoms with Crippen molar-refractivity contribution in [3.63, 3.8) is 0 Å². The summed E-state index contributed by atoms with van der Waals surface area (Å²) in [7, 11) is 0. The number of thiazole rings is 1. The van der Waals surface area contributed by atoms with Crippen LogP contribution in [0.5, 0.6) is 0 Å². The molecule has 0 bridgehead atoms. The van der Waals surface area contributed by atoms with Crippen molar-refractivity contribution >= 4 is 17.2 Å². The van der Waals surface area contributed by atoms with Crippen LogP contribution >= 0.6 is 11.3 Å². The smallest absolute Gasteiger partial charge is 0.240 e. The maximum Gasteiger partial charge on any atom is 0.240 e. The number of rotatable bonds is 4. The molecule has 2 heterocycles. The van der Waals surface area contributed by atoms with E-state index in [-0.39, 0.29) is 11.9 Å². The predicted octanol–water partition coefficient (Wildman–Crippen LogP) is 3.15. The van der Waals surface area contributed by atoms with Gasteiger partial charge < -0.3 is 10.5 Å². The number of amides is 1. The van der Waals surface area contributed by atoms with Crippen LogP contribution in [0.2, 0.25) is 0 Å². The summed E-state index contributed by atoms with van der Waals surface area (Å²) in [5, 5.41) is 13.8. The Hall–Kier alpha value is -1.76. The molecule has 23 heavy (non-hydrogen) atoms. The lowest BCUT2D eigenvalue weighted by Crippen LogP contribution is -2.42. The molecule has 2 atom stereocenters. The average Bonchev–Trinajstić information content (AvgIpc) is 3.15. The lowest BCUT2D eigenvalue weighted by atomic mass is 10.0. The van der Waals surface area contributed by atoms with E-state index in [0.717, 1.165) is 28.3 Å². The molecule has 1 aliphatic rings. The molecular formula is C17H21N3O2S. The number of hydroxylamine groups is 2. The summed E-state index contributed by atoms with van der Waals surface area (Å²) < 4.78 is 0. The number of aromatic nitrogens is 1. The molecule has 3 rings (SSSR count). The second kappa shape index (κ2) is 6.78. The van der Waals surface area contributed by atoms with Crippen LogP contribution in [0.1, 0.15) is 37.1 Å². The fraction of sp³-hybridized carbons (Fsp3) is 0.412. The van der Waals surface area contributed by atoms with Crippen LogP contribution in [-0.2, 0) is 4.79 Å². The SMILES string of the molecule is Cc1ncsc1-c1ccc([C@@H](C)NC(=O)C2CCCN2O)cc1. The molecule has 0 saturated carbocycles. The van der Waals surface area contributed by atoms with E-state index in [1.165, 1.54) is 4.88 Å². The number of nitrogens with one attached hydrogen (secondary N) is 1. The van der Waals surface area contributed by atoms with Crippen molar-refractivity contribution < 1.29 is 10.0 Å². The largest absolute Gasteiger partial charge is 0.348 e. The van der Waals surface area contributed by atoms with Gasteiger partial charge in [0.2, 0.25) is 5.91 Å². The van der Waals surface area contributed by atoms with E-state index < -0.39 is 6.04 Å². The fourth-order valence-corrected chi connectivity index (χ4v) is 3.72. The minimum absolute atomic E-state index is 0.0897. The first-order valence-corrected chi connectivity index (χ1v) is 8.70. The van der Waals surface area contributed by atoms with E-state index in [9.17, 15) is 10.0 Å². The molecule has 1 unspecified atom stereocenters. The Kier molecular flexibility index (Phi) is 4.75. The van der Waals surface area contributed by atoms with Crippen LogP contribution in [0.25, 0.3) is 10.4 Å². The second-order valence-electron chi connectivity index (χ2n) is 5.94. The third-order valence-corrected chi connectivity index (χ3v) is 5.28. The van der Waals surface area contributed by atoms with Gasteiger partial charge >= 0.3 is 0 Å². The van der Waals surface area contributed by atoms with Crippen molar-refractivity contribution in [3.8, 4) is 10.4 Å². The number of carbonyl (C=O) groups excluding carboxylic acids is 1. The van der Waals surface area contributed by atoms with E-state index in [1.54, 1.807) is 11.3 Å². The lowest BCUT2D eigenvalue weighted by Gasteiger charge is -2.21. The van der Waals surface area contributed by atoms with Crippen LogP contribution in [-0.4, -0.2) is 33.7 Å². The summed E-state index contributed by atoms with van der Waals surface area (Å²) in [5.41, 5.74) is 5.08. The third-order valence-electron chi connectivity index (χ3n) is 4.30. The van der Waals surface area contributed by atoms with Crippen molar-refractivity contribution in [3.05, 3.63) is 41.0 Å². The summed E-state index contributed by atoms with van der Waals surface area (Å²) in [5.74, 6) is -0.111. The van der Waals surface area contributed by atoms with E-state index in [1.807, 2.05) is 31.5 Å². The minimum Gasteiger partial charge on any atom is -0.348 e. The van der Waals surface area contributed by atoms with E-state index in [0.29, 0.717) is 13.0 Å². The summed E-state index contributed by atoms with van der Waals surface area (Å²) in [6.45, 7) is 4.53. The maximum atomic E-state index is 12.2. The Morgan fingerprint density at radius 3 is 2.74 bits per heavy atom. The van der Waals surface area contributed by atoms with Crippen LogP contribution < -0.4 is 5.32 Å². The monoisotopic (exact) mass is 331 g/mol. The van der Waals surface area contributed by atoms with Gasteiger partial charge in [0.1, 0.15) is 6.04 Å². The van der Waals surface area contributed by atoms with Gasteiger partial charge in [-0.05, 0) is 37.8 Å². The molecule has 0 spiro atoms. The minimum atomic E-state index is -0.420. The Morgan fingerprint density at radius 2 is 2.17 bits per heavy atom. The van der Waals surface area contributed by atoms with Crippen LogP contribution in [0.4, 0.5) is 0 Å². The van der Waals surface area contributed by atoms with Crippen molar-refractivity contribution in [1.29, 1.82) is 0 Å². The second-order valence-corrected chi connectivity index (χ2v) is 6.80. The van der Waals surface area contributed by atoms with Gasteiger partial charge in [0.15, 0.2) is 0 Å². The highest BCUT2D eigenvalue weighted by Gasteiger charge is 2.30. The van der Waals surface area contributed by atoms with E-state index >= 15 is 0 Å². The van der Waals surface area contributed by atoms with Gasteiger partial charge in [-0.1, -0.05) is 24.3 Å². The highest BCUT2D eigenvalue weighted by molar-refractivity contribution is 7.13. The van der Waals surface area contributed by atoms with Crippen molar-refractivity contribution in [2.24, 2.45) is 0 Å². The van der Waals surface area contributed by atoms with Gasteiger partial charge in [0.25, 0.3) is 0 Å². The van der Waals surface area contributed by atoms with Crippen LogP contribution in [0.3, 0.4) is 0 Å². The summed E-state index contributed by atoms with van der Waals surface area (Å²) in [4.78, 5) is 17.7. The summed E-state index contributed by atoms with van der Waals surface area (Å²) in [6.07, 6.45) is 1.56. The topological polar surface area (TPSA) is 65.5 Å². The molecule has 5 nitrogen and oxygen atoms in total. The highest BCUT2D eigenvalue weighted by atomic mass is 32.1. The standard InChI is InChI=1S/C17H21N3O2S/c1-11(19-17(21)15-4-3-9-20(15)22)13-5-7-14(8-6-13)16-12(2)18-10-23-16/h5-8,10-11,15,22H,3-4,9H2,1-2H3,(H,19,21)/t11-,15?/m1/s1.